The topological polar surface area (TPSA) is 78.0 Å². The van der Waals surface area contributed by atoms with Crippen molar-refractivity contribution >= 4 is 29.2 Å². The van der Waals surface area contributed by atoms with Crippen molar-refractivity contribution in [1.29, 1.82) is 0 Å². The van der Waals surface area contributed by atoms with Gasteiger partial charge in [0.25, 0.3) is 0 Å². The van der Waals surface area contributed by atoms with Gasteiger partial charge in [-0.1, -0.05) is 6.92 Å². The number of amides is 1. The summed E-state index contributed by atoms with van der Waals surface area (Å²) in [6, 6.07) is 4.55. The van der Waals surface area contributed by atoms with Crippen molar-refractivity contribution < 1.29 is 37.0 Å². The van der Waals surface area contributed by atoms with Crippen LogP contribution in [0.3, 0.4) is 0 Å². The van der Waals surface area contributed by atoms with E-state index in [2.05, 4.69) is 11.9 Å². The van der Waals surface area contributed by atoms with E-state index in [-0.39, 0.29) is 46.9 Å². The molecule has 0 N–H and O–H groups in total. The van der Waals surface area contributed by atoms with Crippen LogP contribution in [0.4, 0.5) is 18.9 Å². The normalized spacial score (nSPS) is 18.5. The molecule has 1 unspecified atom stereocenters. The molecule has 1 aliphatic carbocycles. The summed E-state index contributed by atoms with van der Waals surface area (Å²) in [5.74, 6) is -1.51. The number of ether oxygens (including phenoxy) is 3. The first-order valence-electron chi connectivity index (χ1n) is 12.3. The second-order valence-corrected chi connectivity index (χ2v) is 9.84. The number of alkyl halides is 4. The van der Waals surface area contributed by atoms with Crippen molar-refractivity contribution in [2.75, 3.05) is 25.7 Å². The molecule has 1 aliphatic rings. The average Bonchev–Trinajstić information content (AvgIpc) is 2.89. The molecule has 38 heavy (non-hydrogen) atoms. The van der Waals surface area contributed by atoms with Crippen LogP contribution in [0.25, 0.3) is 0 Å². The third-order valence-electron chi connectivity index (χ3n) is 6.67. The quantitative estimate of drug-likeness (QED) is 0.255. The van der Waals surface area contributed by atoms with Crippen LogP contribution in [-0.2, 0) is 26.3 Å². The Morgan fingerprint density at radius 2 is 1.84 bits per heavy atom. The number of hydrogen-bond acceptors (Lipinski definition) is 6. The zero-order chi connectivity index (χ0) is 28.0. The number of rotatable bonds is 9. The van der Waals surface area contributed by atoms with E-state index in [1.54, 1.807) is 6.92 Å². The summed E-state index contributed by atoms with van der Waals surface area (Å²) in [5.41, 5.74) is -0.693. The number of halogens is 4. The predicted molar refractivity (Wildman–Crippen MR) is 137 cm³/mol. The highest BCUT2D eigenvalue weighted by molar-refractivity contribution is 6.17. The summed E-state index contributed by atoms with van der Waals surface area (Å²) in [5, 5.41) is 0. The van der Waals surface area contributed by atoms with Crippen LogP contribution in [0.1, 0.15) is 61.0 Å². The lowest BCUT2D eigenvalue weighted by molar-refractivity contribution is -0.139. The number of carbonyl (C=O) groups is 2. The van der Waals surface area contributed by atoms with Crippen molar-refractivity contribution in [1.82, 2.24) is 4.98 Å². The minimum Gasteiger partial charge on any atom is -0.465 e. The fourth-order valence-electron chi connectivity index (χ4n) is 4.62. The fourth-order valence-corrected chi connectivity index (χ4v) is 4.77. The van der Waals surface area contributed by atoms with Crippen molar-refractivity contribution in [3.63, 3.8) is 0 Å². The second-order valence-electron chi connectivity index (χ2n) is 9.57. The van der Waals surface area contributed by atoms with Crippen molar-refractivity contribution in [3.05, 3.63) is 47.2 Å². The van der Waals surface area contributed by atoms with Gasteiger partial charge in [0.05, 0.1) is 31.0 Å². The first kappa shape index (κ1) is 29.7. The third-order valence-corrected chi connectivity index (χ3v) is 6.97. The number of methoxy groups -OCH3 is 2. The van der Waals surface area contributed by atoms with Gasteiger partial charge >= 0.3 is 12.1 Å². The van der Waals surface area contributed by atoms with Gasteiger partial charge in [-0.05, 0) is 68.4 Å². The predicted octanol–water partition coefficient (Wildman–Crippen LogP) is 6.61. The number of anilines is 1. The number of carbonyl (C=O) groups excluding carboxylic acids is 2. The lowest BCUT2D eigenvalue weighted by Crippen LogP contribution is -2.46. The van der Waals surface area contributed by atoms with Crippen LogP contribution in [0, 0.1) is 11.8 Å². The Kier molecular flexibility index (Phi) is 10.0. The maximum absolute atomic E-state index is 13.7. The Morgan fingerprint density at radius 3 is 2.42 bits per heavy atom. The van der Waals surface area contributed by atoms with Gasteiger partial charge in [-0.2, -0.15) is 13.2 Å². The largest absolute Gasteiger partial charge is 0.465 e. The molecule has 7 nitrogen and oxygen atoms in total. The minimum absolute atomic E-state index is 0.0311. The number of esters is 1. The van der Waals surface area contributed by atoms with Crippen LogP contribution < -0.4 is 9.64 Å². The zero-order valence-electron chi connectivity index (χ0n) is 21.8. The Balaban J connectivity index is 2.04. The molecule has 0 radical (unpaired) electrons. The van der Waals surface area contributed by atoms with Crippen molar-refractivity contribution in [3.8, 4) is 11.6 Å². The molecular formula is C27H32ClF3N2O5. The van der Waals surface area contributed by atoms with E-state index in [0.29, 0.717) is 5.92 Å². The van der Waals surface area contributed by atoms with Crippen LogP contribution in [-0.4, -0.2) is 43.7 Å². The van der Waals surface area contributed by atoms with Crippen LogP contribution in [0.15, 0.2) is 30.5 Å². The summed E-state index contributed by atoms with van der Waals surface area (Å²) in [6.07, 6.45) is -0.242. The van der Waals surface area contributed by atoms with Gasteiger partial charge < -0.3 is 19.1 Å². The molecule has 2 aromatic rings. The van der Waals surface area contributed by atoms with E-state index in [1.807, 2.05) is 0 Å². The molecular weight excluding hydrogens is 525 g/mol. The molecule has 208 valence electrons. The van der Waals surface area contributed by atoms with Gasteiger partial charge in [0.1, 0.15) is 11.3 Å². The smallest absolute Gasteiger partial charge is 0.421 e. The molecule has 1 saturated carbocycles. The Labute approximate surface area is 225 Å². The fraction of sp³-hybridized carbons (Fsp3) is 0.519. The summed E-state index contributed by atoms with van der Waals surface area (Å²) in [7, 11) is 2.70. The SMILES string of the molecule is COCC(C)N(C(=O)C1CCC(C)CC1)c1ccc(Oc2ncc(CCl)cc2C(F)(F)F)cc1C(=O)OC. The Morgan fingerprint density at radius 1 is 1.16 bits per heavy atom. The molecule has 1 atom stereocenters. The summed E-state index contributed by atoms with van der Waals surface area (Å²) in [4.78, 5) is 31.8. The summed E-state index contributed by atoms with van der Waals surface area (Å²) >= 11 is 5.68. The number of hydrogen-bond donors (Lipinski definition) is 0. The van der Waals surface area contributed by atoms with Crippen LogP contribution in [0.5, 0.6) is 11.6 Å². The Hall–Kier alpha value is -2.85. The molecule has 1 aromatic heterocycles. The van der Waals surface area contributed by atoms with Gasteiger partial charge in [-0.15, -0.1) is 11.6 Å². The highest BCUT2D eigenvalue weighted by atomic mass is 35.5. The lowest BCUT2D eigenvalue weighted by Gasteiger charge is -2.35. The van der Waals surface area contributed by atoms with Crippen molar-refractivity contribution in [2.24, 2.45) is 11.8 Å². The van der Waals surface area contributed by atoms with Crippen LogP contribution in [0.2, 0.25) is 0 Å². The third kappa shape index (κ3) is 6.96. The lowest BCUT2D eigenvalue weighted by atomic mass is 9.82. The number of nitrogens with zero attached hydrogens (tertiary/aromatic N) is 2. The van der Waals surface area contributed by atoms with Gasteiger partial charge in [0.15, 0.2) is 0 Å². The van der Waals surface area contributed by atoms with E-state index in [1.165, 1.54) is 43.5 Å². The average molecular weight is 557 g/mol. The maximum atomic E-state index is 13.7. The monoisotopic (exact) mass is 556 g/mol. The van der Waals surface area contributed by atoms with Gasteiger partial charge in [-0.25, -0.2) is 9.78 Å². The molecule has 11 heteroatoms. The van der Waals surface area contributed by atoms with E-state index in [4.69, 9.17) is 25.8 Å². The molecule has 1 aromatic carbocycles. The van der Waals surface area contributed by atoms with E-state index < -0.39 is 29.6 Å². The zero-order valence-corrected chi connectivity index (χ0v) is 22.6. The molecule has 1 fully saturated rings. The number of pyridine rings is 1. The van der Waals surface area contributed by atoms with E-state index in [9.17, 15) is 22.8 Å². The Bertz CT molecular complexity index is 1140. The standard InChI is InChI=1S/C27H32ClF3N2O5/c1-16-5-7-19(8-6-16)25(34)33(17(2)15-36-3)23-10-9-20(12-21(23)26(35)37-4)38-24-22(27(29,30)31)11-18(13-28)14-32-24/h9-12,14,16-17,19H,5-8,13,15H2,1-4H3. The molecule has 0 aliphatic heterocycles. The van der Waals surface area contributed by atoms with E-state index >= 15 is 0 Å². The molecule has 1 amide bonds. The number of aromatic nitrogens is 1. The first-order chi connectivity index (χ1) is 18.0. The molecule has 0 bridgehead atoms. The molecule has 0 saturated heterocycles. The first-order valence-corrected chi connectivity index (χ1v) is 12.9. The summed E-state index contributed by atoms with van der Waals surface area (Å²) < 4.78 is 56.7. The van der Waals surface area contributed by atoms with E-state index in [0.717, 1.165) is 31.7 Å². The highest BCUT2D eigenvalue weighted by Crippen LogP contribution is 2.39. The molecule has 0 spiro atoms. The van der Waals surface area contributed by atoms with Gasteiger partial charge in [0.2, 0.25) is 11.8 Å². The molecule has 3 rings (SSSR count). The van der Waals surface area contributed by atoms with Crippen LogP contribution >= 0.6 is 11.6 Å². The minimum atomic E-state index is -4.74. The molecule has 1 heterocycles. The summed E-state index contributed by atoms with van der Waals surface area (Å²) in [6.45, 7) is 4.16. The second kappa shape index (κ2) is 12.8. The van der Waals surface area contributed by atoms with Gasteiger partial charge in [0, 0.05) is 25.1 Å². The maximum Gasteiger partial charge on any atom is 0.421 e. The van der Waals surface area contributed by atoms with Crippen molar-refractivity contribution in [2.45, 2.75) is 57.6 Å². The highest BCUT2D eigenvalue weighted by Gasteiger charge is 2.37. The van der Waals surface area contributed by atoms with Gasteiger partial charge in [-0.3, -0.25) is 4.79 Å². The number of benzene rings is 1.